The minimum Gasteiger partial charge on any atom is -0.489 e. The fourth-order valence-electron chi connectivity index (χ4n) is 1.56. The number of carboxylic acid groups (broad SMARTS) is 1. The van der Waals surface area contributed by atoms with Crippen molar-refractivity contribution in [3.63, 3.8) is 0 Å². The highest BCUT2D eigenvalue weighted by Crippen LogP contribution is 2.18. The highest BCUT2D eigenvalue weighted by atomic mass is 19.2. The van der Waals surface area contributed by atoms with Gasteiger partial charge >= 0.3 is 5.97 Å². The first-order chi connectivity index (χ1) is 9.47. The Balaban J connectivity index is 2.09. The van der Waals surface area contributed by atoms with Crippen molar-refractivity contribution in [1.29, 1.82) is 0 Å². The number of carboxylic acids is 1. The van der Waals surface area contributed by atoms with Gasteiger partial charge in [0.05, 0.1) is 5.56 Å². The second-order valence-corrected chi connectivity index (χ2v) is 3.98. The van der Waals surface area contributed by atoms with Crippen LogP contribution in [0.5, 0.6) is 5.75 Å². The molecule has 6 heteroatoms. The van der Waals surface area contributed by atoms with Gasteiger partial charge in [-0.05, 0) is 29.8 Å². The SMILES string of the molecule is O=C(O)c1ccc(OCc2ccc(F)c(F)c2)cc1F. The Hall–Kier alpha value is -2.50. The summed E-state index contributed by atoms with van der Waals surface area (Å²) in [4.78, 5) is 10.6. The van der Waals surface area contributed by atoms with Gasteiger partial charge in [-0.15, -0.1) is 0 Å². The average Bonchev–Trinajstić information content (AvgIpc) is 2.40. The van der Waals surface area contributed by atoms with Crippen LogP contribution in [0.1, 0.15) is 15.9 Å². The molecule has 3 nitrogen and oxygen atoms in total. The standard InChI is InChI=1S/C14H9F3O3/c15-11-4-1-8(5-13(11)17)7-20-9-2-3-10(14(18)19)12(16)6-9/h1-6H,7H2,(H,18,19). The summed E-state index contributed by atoms with van der Waals surface area (Å²) in [5, 5.41) is 8.66. The summed E-state index contributed by atoms with van der Waals surface area (Å²) in [5.74, 6) is -4.18. The van der Waals surface area contributed by atoms with Crippen LogP contribution < -0.4 is 4.74 Å². The van der Waals surface area contributed by atoms with E-state index < -0.39 is 29.0 Å². The first kappa shape index (κ1) is 13.9. The van der Waals surface area contributed by atoms with E-state index in [0.717, 1.165) is 24.3 Å². The van der Waals surface area contributed by atoms with Crippen LogP contribution in [0.4, 0.5) is 13.2 Å². The highest BCUT2D eigenvalue weighted by molar-refractivity contribution is 5.88. The fraction of sp³-hybridized carbons (Fsp3) is 0.0714. The molecule has 0 aromatic heterocycles. The molecule has 0 amide bonds. The molecule has 0 atom stereocenters. The fourth-order valence-corrected chi connectivity index (χ4v) is 1.56. The average molecular weight is 282 g/mol. The zero-order chi connectivity index (χ0) is 14.7. The van der Waals surface area contributed by atoms with Crippen LogP contribution in [0, 0.1) is 17.5 Å². The predicted octanol–water partition coefficient (Wildman–Crippen LogP) is 3.38. The van der Waals surface area contributed by atoms with Crippen LogP contribution in [0.15, 0.2) is 36.4 Å². The van der Waals surface area contributed by atoms with Crippen molar-refractivity contribution in [1.82, 2.24) is 0 Å². The smallest absolute Gasteiger partial charge is 0.338 e. The van der Waals surface area contributed by atoms with Gasteiger partial charge in [-0.1, -0.05) is 6.07 Å². The quantitative estimate of drug-likeness (QED) is 0.935. The van der Waals surface area contributed by atoms with E-state index in [-0.39, 0.29) is 12.4 Å². The number of carbonyl (C=O) groups is 1. The van der Waals surface area contributed by atoms with Crippen molar-refractivity contribution < 1.29 is 27.8 Å². The predicted molar refractivity (Wildman–Crippen MR) is 64.0 cm³/mol. The summed E-state index contributed by atoms with van der Waals surface area (Å²) in [5.41, 5.74) is -0.100. The summed E-state index contributed by atoms with van der Waals surface area (Å²) in [6.07, 6.45) is 0. The van der Waals surface area contributed by atoms with Crippen LogP contribution >= 0.6 is 0 Å². The van der Waals surface area contributed by atoms with Crippen molar-refractivity contribution >= 4 is 5.97 Å². The molecule has 0 aliphatic carbocycles. The first-order valence-electron chi connectivity index (χ1n) is 5.57. The van der Waals surface area contributed by atoms with E-state index in [0.29, 0.717) is 5.56 Å². The first-order valence-corrected chi connectivity index (χ1v) is 5.57. The largest absolute Gasteiger partial charge is 0.489 e. The molecule has 0 radical (unpaired) electrons. The number of hydrogen-bond donors (Lipinski definition) is 1. The van der Waals surface area contributed by atoms with Gasteiger partial charge in [0.2, 0.25) is 0 Å². The molecule has 0 saturated carbocycles. The number of rotatable bonds is 4. The Morgan fingerprint density at radius 3 is 2.35 bits per heavy atom. The molecule has 2 rings (SSSR count). The minimum absolute atomic E-state index is 0.0942. The molecule has 0 aliphatic heterocycles. The van der Waals surface area contributed by atoms with Crippen molar-refractivity contribution in [2.75, 3.05) is 0 Å². The molecule has 1 N–H and O–H groups in total. The third kappa shape index (κ3) is 3.09. The number of benzene rings is 2. The van der Waals surface area contributed by atoms with Gasteiger partial charge in [0.1, 0.15) is 18.2 Å². The van der Waals surface area contributed by atoms with Crippen LogP contribution in [0.25, 0.3) is 0 Å². The molecule has 0 aliphatic rings. The minimum atomic E-state index is -1.38. The maximum absolute atomic E-state index is 13.4. The molecule has 0 fully saturated rings. The molecule has 2 aromatic rings. The van der Waals surface area contributed by atoms with Crippen LogP contribution in [0.3, 0.4) is 0 Å². The number of halogens is 3. The second kappa shape index (κ2) is 5.64. The summed E-state index contributed by atoms with van der Waals surface area (Å²) < 4.78 is 44.2. The molecule has 0 bridgehead atoms. The molecule has 104 valence electrons. The van der Waals surface area contributed by atoms with Crippen molar-refractivity contribution in [2.45, 2.75) is 6.61 Å². The van der Waals surface area contributed by atoms with E-state index in [2.05, 4.69) is 0 Å². The van der Waals surface area contributed by atoms with Gasteiger partial charge < -0.3 is 9.84 Å². The lowest BCUT2D eigenvalue weighted by molar-refractivity contribution is 0.0692. The van der Waals surface area contributed by atoms with E-state index in [1.54, 1.807) is 0 Å². The lowest BCUT2D eigenvalue weighted by Gasteiger charge is -2.07. The van der Waals surface area contributed by atoms with Gasteiger partial charge in [0.25, 0.3) is 0 Å². The molecular formula is C14H9F3O3. The van der Waals surface area contributed by atoms with E-state index >= 15 is 0 Å². The van der Waals surface area contributed by atoms with E-state index in [1.807, 2.05) is 0 Å². The van der Waals surface area contributed by atoms with Crippen LogP contribution in [0.2, 0.25) is 0 Å². The summed E-state index contributed by atoms with van der Waals surface area (Å²) in [7, 11) is 0. The Morgan fingerprint density at radius 2 is 1.75 bits per heavy atom. The molecular weight excluding hydrogens is 273 g/mol. The van der Waals surface area contributed by atoms with Crippen molar-refractivity contribution in [2.24, 2.45) is 0 Å². The zero-order valence-corrected chi connectivity index (χ0v) is 10.1. The van der Waals surface area contributed by atoms with Gasteiger partial charge in [-0.3, -0.25) is 0 Å². The van der Waals surface area contributed by atoms with Gasteiger partial charge in [-0.25, -0.2) is 18.0 Å². The van der Waals surface area contributed by atoms with Gasteiger partial charge in [0.15, 0.2) is 11.6 Å². The Bertz CT molecular complexity index is 656. The van der Waals surface area contributed by atoms with E-state index in [1.165, 1.54) is 12.1 Å². The van der Waals surface area contributed by atoms with Crippen molar-refractivity contribution in [3.05, 3.63) is 65.0 Å². The number of hydrogen-bond acceptors (Lipinski definition) is 2. The maximum atomic E-state index is 13.4. The van der Waals surface area contributed by atoms with Crippen LogP contribution in [-0.2, 0) is 6.61 Å². The Labute approximate surface area is 112 Å². The molecule has 20 heavy (non-hydrogen) atoms. The third-order valence-electron chi connectivity index (χ3n) is 2.56. The van der Waals surface area contributed by atoms with E-state index in [9.17, 15) is 18.0 Å². The van der Waals surface area contributed by atoms with Crippen LogP contribution in [-0.4, -0.2) is 11.1 Å². The number of aromatic carboxylic acids is 1. The van der Waals surface area contributed by atoms with E-state index in [4.69, 9.17) is 9.84 Å². The Kier molecular flexibility index (Phi) is 3.93. The summed E-state index contributed by atoms with van der Waals surface area (Å²) in [6.45, 7) is -0.0942. The van der Waals surface area contributed by atoms with Gasteiger partial charge in [0, 0.05) is 6.07 Å². The second-order valence-electron chi connectivity index (χ2n) is 3.98. The molecule has 0 unspecified atom stereocenters. The molecule has 0 saturated heterocycles. The number of ether oxygens (including phenoxy) is 1. The lowest BCUT2D eigenvalue weighted by atomic mass is 10.2. The zero-order valence-electron chi connectivity index (χ0n) is 10.1. The Morgan fingerprint density at radius 1 is 1.00 bits per heavy atom. The monoisotopic (exact) mass is 282 g/mol. The molecule has 0 spiro atoms. The highest BCUT2D eigenvalue weighted by Gasteiger charge is 2.11. The molecule has 0 heterocycles. The maximum Gasteiger partial charge on any atom is 0.338 e. The third-order valence-corrected chi connectivity index (χ3v) is 2.56. The lowest BCUT2D eigenvalue weighted by Crippen LogP contribution is -2.02. The molecule has 2 aromatic carbocycles. The summed E-state index contributed by atoms with van der Waals surface area (Å²) in [6, 6.07) is 6.54. The topological polar surface area (TPSA) is 46.5 Å². The normalized spacial score (nSPS) is 10.3. The van der Waals surface area contributed by atoms with Gasteiger partial charge in [-0.2, -0.15) is 0 Å². The summed E-state index contributed by atoms with van der Waals surface area (Å²) >= 11 is 0. The van der Waals surface area contributed by atoms with Crippen molar-refractivity contribution in [3.8, 4) is 5.75 Å².